The van der Waals surface area contributed by atoms with Crippen LogP contribution in [-0.2, 0) is 4.79 Å². The van der Waals surface area contributed by atoms with Crippen LogP contribution in [-0.4, -0.2) is 33.9 Å². The van der Waals surface area contributed by atoms with Crippen molar-refractivity contribution in [2.24, 2.45) is 5.92 Å². The van der Waals surface area contributed by atoms with Gasteiger partial charge in [-0.1, -0.05) is 6.07 Å². The molecule has 2 aromatic heterocycles. The number of piperidine rings is 1. The zero-order valence-corrected chi connectivity index (χ0v) is 12.6. The Hall–Kier alpha value is -2.50. The number of carbonyl (C=O) groups excluding carboxylic acids is 1. The number of rotatable bonds is 3. The SMILES string of the molecule is Cc1cccc(NC(=O)[C@H]2CCCN(c3cnccn3)C2)n1. The highest BCUT2D eigenvalue weighted by atomic mass is 16.2. The van der Waals surface area contributed by atoms with Gasteiger partial charge in [0.2, 0.25) is 5.91 Å². The maximum atomic E-state index is 12.4. The van der Waals surface area contributed by atoms with Crippen molar-refractivity contribution in [1.82, 2.24) is 15.0 Å². The van der Waals surface area contributed by atoms with Crippen LogP contribution < -0.4 is 10.2 Å². The predicted octanol–water partition coefficient (Wildman–Crippen LogP) is 2.04. The minimum Gasteiger partial charge on any atom is -0.355 e. The first-order valence-corrected chi connectivity index (χ1v) is 7.48. The Bertz CT molecular complexity index is 646. The lowest BCUT2D eigenvalue weighted by atomic mass is 9.97. The summed E-state index contributed by atoms with van der Waals surface area (Å²) in [4.78, 5) is 27.3. The topological polar surface area (TPSA) is 71.0 Å². The van der Waals surface area contributed by atoms with Crippen molar-refractivity contribution in [2.45, 2.75) is 19.8 Å². The van der Waals surface area contributed by atoms with E-state index >= 15 is 0 Å². The minimum atomic E-state index is -0.0573. The lowest BCUT2D eigenvalue weighted by Crippen LogP contribution is -2.41. The van der Waals surface area contributed by atoms with Crippen molar-refractivity contribution in [3.63, 3.8) is 0 Å². The molecule has 0 saturated carbocycles. The number of pyridine rings is 1. The lowest BCUT2D eigenvalue weighted by molar-refractivity contribution is -0.120. The monoisotopic (exact) mass is 297 g/mol. The van der Waals surface area contributed by atoms with Gasteiger partial charge in [-0.05, 0) is 31.9 Å². The highest BCUT2D eigenvalue weighted by Crippen LogP contribution is 2.22. The summed E-state index contributed by atoms with van der Waals surface area (Å²) >= 11 is 0. The van der Waals surface area contributed by atoms with Crippen molar-refractivity contribution >= 4 is 17.5 Å². The first-order chi connectivity index (χ1) is 10.7. The zero-order valence-electron chi connectivity index (χ0n) is 12.6. The van der Waals surface area contributed by atoms with Gasteiger partial charge in [0.15, 0.2) is 0 Å². The van der Waals surface area contributed by atoms with Gasteiger partial charge < -0.3 is 10.2 Å². The molecule has 1 fully saturated rings. The largest absolute Gasteiger partial charge is 0.355 e. The summed E-state index contributed by atoms with van der Waals surface area (Å²) < 4.78 is 0. The smallest absolute Gasteiger partial charge is 0.230 e. The highest BCUT2D eigenvalue weighted by Gasteiger charge is 2.26. The van der Waals surface area contributed by atoms with Crippen LogP contribution in [0.4, 0.5) is 11.6 Å². The standard InChI is InChI=1S/C16H19N5O/c1-12-4-2-6-14(19-12)20-16(22)13-5-3-9-21(11-13)15-10-17-7-8-18-15/h2,4,6-8,10,13H,3,5,9,11H2,1H3,(H,19,20,22)/t13-/m0/s1. The molecular weight excluding hydrogens is 278 g/mol. The second-order valence-corrected chi connectivity index (χ2v) is 5.50. The van der Waals surface area contributed by atoms with Crippen molar-refractivity contribution in [1.29, 1.82) is 0 Å². The molecule has 0 aromatic carbocycles. The summed E-state index contributed by atoms with van der Waals surface area (Å²) in [5.41, 5.74) is 0.891. The number of nitrogens with zero attached hydrogens (tertiary/aromatic N) is 4. The molecule has 0 aliphatic carbocycles. The van der Waals surface area contributed by atoms with Crippen molar-refractivity contribution in [2.75, 3.05) is 23.3 Å². The summed E-state index contributed by atoms with van der Waals surface area (Å²) in [6.07, 6.45) is 6.92. The summed E-state index contributed by atoms with van der Waals surface area (Å²) in [6, 6.07) is 5.62. The van der Waals surface area contributed by atoms with Crippen LogP contribution in [0.5, 0.6) is 0 Å². The van der Waals surface area contributed by atoms with Gasteiger partial charge in [0.05, 0.1) is 12.1 Å². The van der Waals surface area contributed by atoms with E-state index in [4.69, 9.17) is 0 Å². The van der Waals surface area contributed by atoms with E-state index in [2.05, 4.69) is 25.2 Å². The van der Waals surface area contributed by atoms with Crippen LogP contribution in [0, 0.1) is 12.8 Å². The molecule has 1 aliphatic rings. The van der Waals surface area contributed by atoms with E-state index in [0.717, 1.165) is 30.9 Å². The third kappa shape index (κ3) is 3.39. The summed E-state index contributed by atoms with van der Waals surface area (Å²) in [7, 11) is 0. The Morgan fingerprint density at radius 2 is 2.27 bits per heavy atom. The number of hydrogen-bond donors (Lipinski definition) is 1. The second kappa shape index (κ2) is 6.51. The molecule has 1 saturated heterocycles. The summed E-state index contributed by atoms with van der Waals surface area (Å²) in [6.45, 7) is 3.48. The van der Waals surface area contributed by atoms with E-state index in [1.165, 1.54) is 0 Å². The first-order valence-electron chi connectivity index (χ1n) is 7.48. The number of anilines is 2. The van der Waals surface area contributed by atoms with Gasteiger partial charge >= 0.3 is 0 Å². The Morgan fingerprint density at radius 3 is 3.05 bits per heavy atom. The van der Waals surface area contributed by atoms with Crippen LogP contribution in [0.3, 0.4) is 0 Å². The quantitative estimate of drug-likeness (QED) is 0.938. The molecule has 0 unspecified atom stereocenters. The normalized spacial score (nSPS) is 18.0. The molecule has 6 nitrogen and oxygen atoms in total. The fourth-order valence-corrected chi connectivity index (χ4v) is 2.69. The predicted molar refractivity (Wildman–Crippen MR) is 84.6 cm³/mol. The first kappa shape index (κ1) is 14.4. The van der Waals surface area contributed by atoms with Crippen LogP contribution in [0.2, 0.25) is 0 Å². The molecule has 0 spiro atoms. The van der Waals surface area contributed by atoms with E-state index in [9.17, 15) is 4.79 Å². The molecule has 22 heavy (non-hydrogen) atoms. The Balaban J connectivity index is 1.65. The molecule has 1 atom stereocenters. The molecule has 3 rings (SSSR count). The van der Waals surface area contributed by atoms with Gasteiger partial charge in [0.25, 0.3) is 0 Å². The Labute approximate surface area is 129 Å². The molecule has 6 heteroatoms. The summed E-state index contributed by atoms with van der Waals surface area (Å²) in [5.74, 6) is 1.40. The van der Waals surface area contributed by atoms with E-state index < -0.39 is 0 Å². The fourth-order valence-electron chi connectivity index (χ4n) is 2.69. The maximum absolute atomic E-state index is 12.4. The third-order valence-electron chi connectivity index (χ3n) is 3.81. The van der Waals surface area contributed by atoms with Gasteiger partial charge in [0.1, 0.15) is 11.6 Å². The molecule has 3 heterocycles. The number of hydrogen-bond acceptors (Lipinski definition) is 5. The number of nitrogens with one attached hydrogen (secondary N) is 1. The van der Waals surface area contributed by atoms with Gasteiger partial charge in [-0.2, -0.15) is 0 Å². The molecule has 1 aliphatic heterocycles. The van der Waals surface area contributed by atoms with Gasteiger partial charge in [0, 0.05) is 31.2 Å². The Kier molecular flexibility index (Phi) is 4.27. The summed E-state index contributed by atoms with van der Waals surface area (Å²) in [5, 5.41) is 2.91. The fraction of sp³-hybridized carbons (Fsp3) is 0.375. The van der Waals surface area contributed by atoms with Crippen LogP contribution in [0.1, 0.15) is 18.5 Å². The number of aromatic nitrogens is 3. The van der Waals surface area contributed by atoms with E-state index in [1.54, 1.807) is 18.6 Å². The average Bonchev–Trinajstić information content (AvgIpc) is 2.56. The minimum absolute atomic E-state index is 0.0201. The highest BCUT2D eigenvalue weighted by molar-refractivity contribution is 5.92. The van der Waals surface area contributed by atoms with E-state index in [1.807, 2.05) is 25.1 Å². The molecule has 0 radical (unpaired) electrons. The molecule has 2 aromatic rings. The third-order valence-corrected chi connectivity index (χ3v) is 3.81. The van der Waals surface area contributed by atoms with Gasteiger partial charge in [-0.25, -0.2) is 9.97 Å². The van der Waals surface area contributed by atoms with E-state index in [-0.39, 0.29) is 11.8 Å². The number of carbonyl (C=O) groups is 1. The van der Waals surface area contributed by atoms with Crippen LogP contribution >= 0.6 is 0 Å². The zero-order chi connectivity index (χ0) is 15.4. The number of aryl methyl sites for hydroxylation is 1. The van der Waals surface area contributed by atoms with Crippen molar-refractivity contribution < 1.29 is 4.79 Å². The average molecular weight is 297 g/mol. The van der Waals surface area contributed by atoms with Gasteiger partial charge in [-0.15, -0.1) is 0 Å². The van der Waals surface area contributed by atoms with Crippen LogP contribution in [0.15, 0.2) is 36.8 Å². The second-order valence-electron chi connectivity index (χ2n) is 5.50. The Morgan fingerprint density at radius 1 is 1.36 bits per heavy atom. The number of amides is 1. The lowest BCUT2D eigenvalue weighted by Gasteiger charge is -2.32. The molecular formula is C16H19N5O. The molecule has 114 valence electrons. The molecule has 1 N–H and O–H groups in total. The van der Waals surface area contributed by atoms with E-state index in [0.29, 0.717) is 12.4 Å². The van der Waals surface area contributed by atoms with Crippen LogP contribution in [0.25, 0.3) is 0 Å². The maximum Gasteiger partial charge on any atom is 0.230 e. The molecule has 0 bridgehead atoms. The molecule has 1 amide bonds. The van der Waals surface area contributed by atoms with Gasteiger partial charge in [-0.3, -0.25) is 9.78 Å². The van der Waals surface area contributed by atoms with Crippen molar-refractivity contribution in [3.8, 4) is 0 Å². The van der Waals surface area contributed by atoms with Crippen molar-refractivity contribution in [3.05, 3.63) is 42.5 Å².